The van der Waals surface area contributed by atoms with Gasteiger partial charge in [-0.2, -0.15) is 4.31 Å². The molecule has 2 aliphatic heterocycles. The van der Waals surface area contributed by atoms with Crippen molar-refractivity contribution in [1.29, 1.82) is 0 Å². The van der Waals surface area contributed by atoms with E-state index in [0.29, 0.717) is 43.5 Å². The van der Waals surface area contributed by atoms with Crippen LogP contribution in [0.2, 0.25) is 0 Å². The summed E-state index contributed by atoms with van der Waals surface area (Å²) in [6, 6.07) is 7.22. The maximum atomic E-state index is 12.9. The third-order valence-electron chi connectivity index (χ3n) is 6.08. The van der Waals surface area contributed by atoms with Gasteiger partial charge >= 0.3 is 0 Å². The molecule has 6 nitrogen and oxygen atoms in total. The van der Waals surface area contributed by atoms with E-state index in [9.17, 15) is 13.2 Å². The van der Waals surface area contributed by atoms with Crippen LogP contribution in [-0.4, -0.2) is 74.2 Å². The summed E-state index contributed by atoms with van der Waals surface area (Å²) in [4.78, 5) is 17.1. The lowest BCUT2D eigenvalue weighted by Crippen LogP contribution is -2.51. The quantitative estimate of drug-likeness (QED) is 0.733. The fourth-order valence-electron chi connectivity index (χ4n) is 4.09. The fraction of sp³-hybridized carbons (Fsp3) is 0.682. The zero-order valence-corrected chi connectivity index (χ0v) is 18.7. The molecule has 1 aromatic rings. The predicted molar refractivity (Wildman–Crippen MR) is 115 cm³/mol. The van der Waals surface area contributed by atoms with E-state index in [1.54, 1.807) is 16.4 Å². The van der Waals surface area contributed by atoms with Crippen molar-refractivity contribution in [2.75, 3.05) is 45.8 Å². The Hall–Kier alpha value is -1.44. The lowest BCUT2D eigenvalue weighted by atomic mass is 10.0. The summed E-state index contributed by atoms with van der Waals surface area (Å²) >= 11 is 0. The molecule has 0 radical (unpaired) electrons. The lowest BCUT2D eigenvalue weighted by molar-refractivity contribution is -0.133. The first-order chi connectivity index (χ1) is 13.9. The van der Waals surface area contributed by atoms with Gasteiger partial charge in [0.2, 0.25) is 15.9 Å². The second-order valence-electron chi connectivity index (χ2n) is 8.55. The number of nitrogens with zero attached hydrogens (tertiary/aromatic N) is 3. The molecule has 1 aromatic carbocycles. The number of hydrogen-bond acceptors (Lipinski definition) is 4. The zero-order chi connectivity index (χ0) is 20.9. The molecule has 0 unspecified atom stereocenters. The van der Waals surface area contributed by atoms with Gasteiger partial charge in [-0.3, -0.25) is 9.69 Å². The summed E-state index contributed by atoms with van der Waals surface area (Å²) in [5, 5.41) is 0. The minimum absolute atomic E-state index is 0.187. The van der Waals surface area contributed by atoms with E-state index in [0.717, 1.165) is 31.5 Å². The predicted octanol–water partition coefficient (Wildman–Crippen LogP) is 2.91. The van der Waals surface area contributed by atoms with Gasteiger partial charge in [-0.25, -0.2) is 8.42 Å². The van der Waals surface area contributed by atoms with Crippen LogP contribution in [0.3, 0.4) is 0 Å². The third-order valence-corrected chi connectivity index (χ3v) is 8.00. The molecular weight excluding hydrogens is 386 g/mol. The van der Waals surface area contributed by atoms with Crippen molar-refractivity contribution < 1.29 is 13.2 Å². The Morgan fingerprint density at radius 3 is 1.97 bits per heavy atom. The van der Waals surface area contributed by atoms with Crippen molar-refractivity contribution >= 4 is 15.9 Å². The van der Waals surface area contributed by atoms with E-state index < -0.39 is 10.0 Å². The monoisotopic (exact) mass is 421 g/mol. The molecule has 1 amide bonds. The van der Waals surface area contributed by atoms with E-state index in [1.807, 2.05) is 17.0 Å². The van der Waals surface area contributed by atoms with Gasteiger partial charge in [-0.1, -0.05) is 45.2 Å². The highest BCUT2D eigenvalue weighted by molar-refractivity contribution is 7.89. The van der Waals surface area contributed by atoms with Gasteiger partial charge in [0.1, 0.15) is 0 Å². The Kier molecular flexibility index (Phi) is 7.71. The molecule has 3 rings (SSSR count). The van der Waals surface area contributed by atoms with Gasteiger partial charge in [-0.05, 0) is 36.5 Å². The highest BCUT2D eigenvalue weighted by Crippen LogP contribution is 2.21. The topological polar surface area (TPSA) is 60.9 Å². The average Bonchev–Trinajstić information content (AvgIpc) is 2.68. The van der Waals surface area contributed by atoms with Crippen LogP contribution in [0.5, 0.6) is 0 Å². The SMILES string of the molecule is CC(C)c1ccc(S(=O)(=O)N2CCN(CC(=O)N3CCCCCCC3)CC2)cc1. The van der Waals surface area contributed by atoms with Crippen LogP contribution < -0.4 is 0 Å². The first-order valence-corrected chi connectivity index (χ1v) is 12.4. The van der Waals surface area contributed by atoms with E-state index >= 15 is 0 Å². The molecule has 29 heavy (non-hydrogen) atoms. The van der Waals surface area contributed by atoms with Crippen LogP contribution in [-0.2, 0) is 14.8 Å². The Bertz CT molecular complexity index is 761. The van der Waals surface area contributed by atoms with Gasteiger partial charge in [-0.15, -0.1) is 0 Å². The van der Waals surface area contributed by atoms with Gasteiger partial charge in [0.05, 0.1) is 11.4 Å². The van der Waals surface area contributed by atoms with Crippen molar-refractivity contribution in [3.63, 3.8) is 0 Å². The molecule has 2 aliphatic rings. The molecule has 0 aliphatic carbocycles. The third kappa shape index (κ3) is 5.80. The maximum Gasteiger partial charge on any atom is 0.243 e. The van der Waals surface area contributed by atoms with Crippen molar-refractivity contribution in [2.45, 2.75) is 56.8 Å². The highest BCUT2D eigenvalue weighted by Gasteiger charge is 2.29. The first kappa shape index (κ1) is 22.2. The Morgan fingerprint density at radius 1 is 0.862 bits per heavy atom. The number of benzene rings is 1. The summed E-state index contributed by atoms with van der Waals surface area (Å²) in [6.45, 7) is 8.37. The van der Waals surface area contributed by atoms with Crippen LogP contribution in [0.1, 0.15) is 57.4 Å². The maximum absolute atomic E-state index is 12.9. The normalized spacial score (nSPS) is 20.4. The highest BCUT2D eigenvalue weighted by atomic mass is 32.2. The summed E-state index contributed by atoms with van der Waals surface area (Å²) in [7, 11) is -3.47. The molecule has 0 bridgehead atoms. The van der Waals surface area contributed by atoms with Crippen LogP contribution >= 0.6 is 0 Å². The molecule has 2 heterocycles. The largest absolute Gasteiger partial charge is 0.342 e. The number of carbonyl (C=O) groups excluding carboxylic acids is 1. The summed E-state index contributed by atoms with van der Waals surface area (Å²) in [5.74, 6) is 0.564. The molecule has 0 saturated carbocycles. The number of hydrogen-bond donors (Lipinski definition) is 0. The number of rotatable bonds is 5. The number of sulfonamides is 1. The minimum Gasteiger partial charge on any atom is -0.342 e. The van der Waals surface area contributed by atoms with Crippen LogP contribution in [0, 0.1) is 0 Å². The Balaban J connectivity index is 1.53. The summed E-state index contributed by atoms with van der Waals surface area (Å²) < 4.78 is 27.4. The van der Waals surface area contributed by atoms with Gasteiger partial charge < -0.3 is 4.90 Å². The zero-order valence-electron chi connectivity index (χ0n) is 17.8. The second kappa shape index (κ2) is 10.0. The molecular formula is C22H35N3O3S. The molecule has 0 spiro atoms. The first-order valence-electron chi connectivity index (χ1n) is 11.0. The molecule has 7 heteroatoms. The Morgan fingerprint density at radius 2 is 1.41 bits per heavy atom. The molecule has 162 valence electrons. The fourth-order valence-corrected chi connectivity index (χ4v) is 5.51. The average molecular weight is 422 g/mol. The van der Waals surface area contributed by atoms with Gasteiger partial charge in [0.25, 0.3) is 0 Å². The van der Waals surface area contributed by atoms with E-state index in [1.165, 1.54) is 19.3 Å². The van der Waals surface area contributed by atoms with E-state index in [2.05, 4.69) is 18.7 Å². The van der Waals surface area contributed by atoms with Crippen molar-refractivity contribution in [3.8, 4) is 0 Å². The summed E-state index contributed by atoms with van der Waals surface area (Å²) in [5.41, 5.74) is 1.14. The van der Waals surface area contributed by atoms with Crippen LogP contribution in [0.25, 0.3) is 0 Å². The van der Waals surface area contributed by atoms with E-state index in [4.69, 9.17) is 0 Å². The van der Waals surface area contributed by atoms with Crippen LogP contribution in [0.4, 0.5) is 0 Å². The Labute approximate surface area is 175 Å². The van der Waals surface area contributed by atoms with Crippen molar-refractivity contribution in [3.05, 3.63) is 29.8 Å². The van der Waals surface area contributed by atoms with Gasteiger partial charge in [0, 0.05) is 39.3 Å². The van der Waals surface area contributed by atoms with Crippen molar-refractivity contribution in [2.24, 2.45) is 0 Å². The number of carbonyl (C=O) groups is 1. The lowest BCUT2D eigenvalue weighted by Gasteiger charge is -2.35. The standard InChI is InChI=1S/C22H35N3O3S/c1-19(2)20-8-10-21(11-9-20)29(27,28)25-16-14-23(15-17-25)18-22(26)24-12-6-4-3-5-7-13-24/h8-11,19H,3-7,12-18H2,1-2H3. The molecule has 0 aromatic heterocycles. The molecule has 0 atom stereocenters. The minimum atomic E-state index is -3.47. The van der Waals surface area contributed by atoms with Crippen molar-refractivity contribution in [1.82, 2.24) is 14.1 Å². The smallest absolute Gasteiger partial charge is 0.243 e. The second-order valence-corrected chi connectivity index (χ2v) is 10.5. The summed E-state index contributed by atoms with van der Waals surface area (Å²) in [6.07, 6.45) is 5.87. The number of amides is 1. The van der Waals surface area contributed by atoms with Gasteiger partial charge in [0.15, 0.2) is 0 Å². The van der Waals surface area contributed by atoms with Crippen LogP contribution in [0.15, 0.2) is 29.2 Å². The molecule has 2 saturated heterocycles. The number of piperazine rings is 1. The molecule has 2 fully saturated rings. The number of likely N-dealkylation sites (tertiary alicyclic amines) is 1. The van der Waals surface area contributed by atoms with E-state index in [-0.39, 0.29) is 5.91 Å². The molecule has 0 N–H and O–H groups in total.